The molecular weight excluding hydrogens is 362 g/mol. The van der Waals surface area contributed by atoms with Crippen molar-refractivity contribution in [2.75, 3.05) is 6.54 Å². The van der Waals surface area contributed by atoms with E-state index in [-0.39, 0.29) is 19.6 Å². The van der Waals surface area contributed by atoms with Crippen LogP contribution in [0.5, 0.6) is 0 Å². The van der Waals surface area contributed by atoms with Gasteiger partial charge < -0.3 is 14.9 Å². The van der Waals surface area contributed by atoms with Crippen molar-refractivity contribution < 1.29 is 29.3 Å². The number of hydrogen-bond donors (Lipinski definition) is 2. The van der Waals surface area contributed by atoms with Gasteiger partial charge in [0.1, 0.15) is 12.6 Å². The number of nitrogens with zero attached hydrogens (tertiary/aromatic N) is 1. The van der Waals surface area contributed by atoms with Crippen LogP contribution in [0.4, 0.5) is 4.79 Å². The largest absolute Gasteiger partial charge is 0.481 e. The van der Waals surface area contributed by atoms with Crippen molar-refractivity contribution in [2.24, 2.45) is 5.92 Å². The van der Waals surface area contributed by atoms with Crippen LogP contribution in [0.25, 0.3) is 0 Å². The Morgan fingerprint density at radius 1 is 0.964 bits per heavy atom. The minimum absolute atomic E-state index is 0.0160. The van der Waals surface area contributed by atoms with Crippen molar-refractivity contribution in [3.05, 3.63) is 71.8 Å². The molecule has 0 aliphatic carbocycles. The summed E-state index contributed by atoms with van der Waals surface area (Å²) in [6.45, 7) is 0.106. The van der Waals surface area contributed by atoms with Crippen molar-refractivity contribution >= 4 is 18.0 Å². The van der Waals surface area contributed by atoms with E-state index < -0.39 is 35.9 Å². The van der Waals surface area contributed by atoms with Gasteiger partial charge in [-0.1, -0.05) is 60.7 Å². The average molecular weight is 383 g/mol. The molecule has 2 N–H and O–H groups in total. The highest BCUT2D eigenvalue weighted by atomic mass is 16.6. The molecule has 3 rings (SSSR count). The van der Waals surface area contributed by atoms with E-state index in [1.165, 1.54) is 0 Å². The minimum Gasteiger partial charge on any atom is -0.481 e. The zero-order chi connectivity index (χ0) is 20.1. The van der Waals surface area contributed by atoms with Crippen molar-refractivity contribution in [2.45, 2.75) is 25.0 Å². The molecule has 1 amide bonds. The Hall–Kier alpha value is -3.35. The highest BCUT2D eigenvalue weighted by Gasteiger charge is 2.49. The summed E-state index contributed by atoms with van der Waals surface area (Å²) in [7, 11) is 0. The molecule has 1 heterocycles. The molecule has 1 fully saturated rings. The molecule has 0 spiro atoms. The lowest BCUT2D eigenvalue weighted by molar-refractivity contribution is -0.144. The predicted molar refractivity (Wildman–Crippen MR) is 99.7 cm³/mol. The van der Waals surface area contributed by atoms with Crippen LogP contribution in [-0.4, -0.2) is 45.7 Å². The second kappa shape index (κ2) is 8.56. The van der Waals surface area contributed by atoms with Crippen molar-refractivity contribution in [3.63, 3.8) is 0 Å². The number of carboxylic acids is 2. The van der Waals surface area contributed by atoms with Gasteiger partial charge in [0.15, 0.2) is 0 Å². The van der Waals surface area contributed by atoms with Crippen LogP contribution >= 0.6 is 0 Å². The molecule has 7 nitrogen and oxygen atoms in total. The molecule has 0 saturated carbocycles. The van der Waals surface area contributed by atoms with Gasteiger partial charge in [-0.15, -0.1) is 0 Å². The number of likely N-dealkylation sites (tertiary alicyclic amines) is 1. The van der Waals surface area contributed by atoms with E-state index >= 15 is 0 Å². The first-order valence-electron chi connectivity index (χ1n) is 8.94. The van der Waals surface area contributed by atoms with Gasteiger partial charge in [0.2, 0.25) is 0 Å². The van der Waals surface area contributed by atoms with Crippen molar-refractivity contribution in [1.29, 1.82) is 0 Å². The Bertz CT molecular complexity index is 838. The molecular formula is C21H21NO6. The second-order valence-corrected chi connectivity index (χ2v) is 6.75. The van der Waals surface area contributed by atoms with Crippen LogP contribution in [0.2, 0.25) is 0 Å². The van der Waals surface area contributed by atoms with E-state index in [1.807, 2.05) is 36.4 Å². The Labute approximate surface area is 162 Å². The predicted octanol–water partition coefficient (Wildman–Crippen LogP) is 2.97. The van der Waals surface area contributed by atoms with Gasteiger partial charge in [-0.05, 0) is 11.1 Å². The third-order valence-electron chi connectivity index (χ3n) is 4.98. The lowest BCUT2D eigenvalue weighted by atomic mass is 9.83. The fraction of sp³-hybridized carbons (Fsp3) is 0.286. The molecule has 28 heavy (non-hydrogen) atoms. The van der Waals surface area contributed by atoms with Gasteiger partial charge in [-0.2, -0.15) is 0 Å². The number of carbonyl (C=O) groups is 3. The topological polar surface area (TPSA) is 104 Å². The maximum Gasteiger partial charge on any atom is 0.410 e. The van der Waals surface area contributed by atoms with E-state index in [1.54, 1.807) is 24.3 Å². The van der Waals surface area contributed by atoms with Crippen LogP contribution in [0.3, 0.4) is 0 Å². The van der Waals surface area contributed by atoms with Crippen LogP contribution in [0.15, 0.2) is 60.7 Å². The van der Waals surface area contributed by atoms with Gasteiger partial charge in [0.25, 0.3) is 0 Å². The number of aliphatic carboxylic acids is 2. The summed E-state index contributed by atoms with van der Waals surface area (Å²) in [5, 5.41) is 19.0. The van der Waals surface area contributed by atoms with Crippen molar-refractivity contribution in [3.8, 4) is 0 Å². The van der Waals surface area contributed by atoms with Crippen molar-refractivity contribution in [1.82, 2.24) is 4.90 Å². The summed E-state index contributed by atoms with van der Waals surface area (Å²) in [5.74, 6) is -3.48. The number of benzene rings is 2. The molecule has 0 radical (unpaired) electrons. The fourth-order valence-corrected chi connectivity index (χ4v) is 3.73. The van der Waals surface area contributed by atoms with Gasteiger partial charge in [0, 0.05) is 18.4 Å². The molecule has 7 heteroatoms. The third-order valence-corrected chi connectivity index (χ3v) is 4.98. The molecule has 0 aromatic heterocycles. The quantitative estimate of drug-likeness (QED) is 0.795. The van der Waals surface area contributed by atoms with Gasteiger partial charge >= 0.3 is 18.0 Å². The zero-order valence-electron chi connectivity index (χ0n) is 15.1. The third kappa shape index (κ3) is 4.31. The highest BCUT2D eigenvalue weighted by Crippen LogP contribution is 2.40. The summed E-state index contributed by atoms with van der Waals surface area (Å²) < 4.78 is 5.31. The molecule has 3 atom stereocenters. The molecule has 2 aromatic carbocycles. The summed E-state index contributed by atoms with van der Waals surface area (Å²) in [4.78, 5) is 37.0. The first kappa shape index (κ1) is 19.4. The average Bonchev–Trinajstić information content (AvgIpc) is 3.06. The van der Waals surface area contributed by atoms with Crippen LogP contribution in [0.1, 0.15) is 23.5 Å². The number of carboxylic acid groups (broad SMARTS) is 2. The summed E-state index contributed by atoms with van der Waals surface area (Å²) >= 11 is 0. The molecule has 1 aliphatic rings. The highest BCUT2D eigenvalue weighted by molar-refractivity contribution is 5.82. The maximum absolute atomic E-state index is 12.6. The zero-order valence-corrected chi connectivity index (χ0v) is 15.1. The minimum atomic E-state index is -1.26. The first-order chi connectivity index (χ1) is 13.5. The van der Waals surface area contributed by atoms with E-state index in [0.717, 1.165) is 16.0 Å². The Morgan fingerprint density at radius 2 is 1.57 bits per heavy atom. The van der Waals surface area contributed by atoms with E-state index in [0.29, 0.717) is 0 Å². The number of rotatable bonds is 6. The number of amides is 1. The lowest BCUT2D eigenvalue weighted by Crippen LogP contribution is -2.44. The number of hydrogen-bond acceptors (Lipinski definition) is 4. The van der Waals surface area contributed by atoms with Gasteiger partial charge in [-0.3, -0.25) is 9.69 Å². The Balaban J connectivity index is 1.83. The molecule has 1 saturated heterocycles. The number of carbonyl (C=O) groups excluding carboxylic acids is 1. The molecule has 146 valence electrons. The van der Waals surface area contributed by atoms with Crippen LogP contribution in [-0.2, 0) is 20.9 Å². The Kier molecular flexibility index (Phi) is 5.93. The molecule has 2 aromatic rings. The van der Waals surface area contributed by atoms with Gasteiger partial charge in [0.05, 0.1) is 6.42 Å². The summed E-state index contributed by atoms with van der Waals surface area (Å²) in [6.07, 6.45) is -1.11. The van der Waals surface area contributed by atoms with E-state index in [4.69, 9.17) is 4.74 Å². The van der Waals surface area contributed by atoms with Crippen LogP contribution < -0.4 is 0 Å². The maximum atomic E-state index is 12.6. The molecule has 1 aliphatic heterocycles. The molecule has 0 unspecified atom stereocenters. The lowest BCUT2D eigenvalue weighted by Gasteiger charge is -2.23. The standard InChI is InChI=1S/C21H21NO6/c23-18(24)11-16-17(15-9-5-2-6-10-15)12-22(19(16)20(25)26)21(27)28-13-14-7-3-1-4-8-14/h1-10,16-17,19H,11-13H2,(H,23,24)(H,25,26)/t16-,17+,19-/m0/s1. The van der Waals surface area contributed by atoms with Crippen LogP contribution in [0, 0.1) is 5.92 Å². The molecule has 0 bridgehead atoms. The summed E-state index contributed by atoms with van der Waals surface area (Å²) in [5.41, 5.74) is 1.59. The first-order valence-corrected chi connectivity index (χ1v) is 8.94. The van der Waals surface area contributed by atoms with E-state index in [2.05, 4.69) is 0 Å². The Morgan fingerprint density at radius 3 is 2.14 bits per heavy atom. The van der Waals surface area contributed by atoms with Gasteiger partial charge in [-0.25, -0.2) is 9.59 Å². The SMILES string of the molecule is O=C(O)C[C@H]1[C@@H](c2ccccc2)CN(C(=O)OCc2ccccc2)[C@@H]1C(=O)O. The van der Waals surface area contributed by atoms with E-state index in [9.17, 15) is 24.6 Å². The smallest absolute Gasteiger partial charge is 0.410 e. The second-order valence-electron chi connectivity index (χ2n) is 6.75. The number of ether oxygens (including phenoxy) is 1. The summed E-state index contributed by atoms with van der Waals surface area (Å²) in [6, 6.07) is 16.9. The monoisotopic (exact) mass is 383 g/mol. The normalized spacial score (nSPS) is 21.3. The fourth-order valence-electron chi connectivity index (χ4n) is 3.73.